The average molecular weight is 337 g/mol. The molecule has 0 saturated heterocycles. The Morgan fingerprint density at radius 1 is 1.24 bits per heavy atom. The number of pyridine rings is 1. The molecule has 4 heterocycles. The lowest BCUT2D eigenvalue weighted by Crippen LogP contribution is -2.12. The highest BCUT2D eigenvalue weighted by molar-refractivity contribution is 5.88. The summed E-state index contributed by atoms with van der Waals surface area (Å²) >= 11 is 0. The highest BCUT2D eigenvalue weighted by Crippen LogP contribution is 2.26. The smallest absolute Gasteiger partial charge is 0.340 e. The zero-order chi connectivity index (χ0) is 17.4. The van der Waals surface area contributed by atoms with Crippen molar-refractivity contribution in [3.05, 3.63) is 47.0 Å². The fourth-order valence-corrected chi connectivity index (χ4v) is 2.52. The standard InChI is InChI=1S/C15H15N9O/c1-8(11-21-15(25)23-22-11)18-13-10-7-17-24(2)14(10)20-12(19-13)9-3-5-16-6-4-9/h3-8H,1-2H3,(H,18,19,20)(H2,21,22,23,25)/t8-/m0/s1. The molecule has 0 unspecified atom stereocenters. The molecule has 0 aromatic carbocycles. The molecule has 0 saturated carbocycles. The second kappa shape index (κ2) is 5.82. The lowest BCUT2D eigenvalue weighted by molar-refractivity contribution is 0.783. The molecule has 10 nitrogen and oxygen atoms in total. The summed E-state index contributed by atoms with van der Waals surface area (Å²) in [5.74, 6) is 1.66. The molecule has 126 valence electrons. The summed E-state index contributed by atoms with van der Waals surface area (Å²) in [7, 11) is 1.82. The third kappa shape index (κ3) is 2.73. The molecule has 1 atom stereocenters. The van der Waals surface area contributed by atoms with E-state index in [4.69, 9.17) is 0 Å². The van der Waals surface area contributed by atoms with Crippen LogP contribution in [0, 0.1) is 0 Å². The van der Waals surface area contributed by atoms with Crippen molar-refractivity contribution < 1.29 is 0 Å². The van der Waals surface area contributed by atoms with Gasteiger partial charge in [0.1, 0.15) is 5.82 Å². The van der Waals surface area contributed by atoms with E-state index in [2.05, 4.69) is 40.5 Å². The minimum Gasteiger partial charge on any atom is -0.360 e. The van der Waals surface area contributed by atoms with Crippen LogP contribution >= 0.6 is 0 Å². The average Bonchev–Trinajstić information content (AvgIpc) is 3.22. The number of aromatic amines is 2. The van der Waals surface area contributed by atoms with Crippen LogP contribution in [0.3, 0.4) is 0 Å². The van der Waals surface area contributed by atoms with E-state index in [0.717, 1.165) is 10.9 Å². The van der Waals surface area contributed by atoms with Crippen molar-refractivity contribution in [2.45, 2.75) is 13.0 Å². The molecule has 0 radical (unpaired) electrons. The Hall–Kier alpha value is -3.56. The van der Waals surface area contributed by atoms with Gasteiger partial charge in [0.2, 0.25) is 0 Å². The van der Waals surface area contributed by atoms with Crippen molar-refractivity contribution in [2.75, 3.05) is 5.32 Å². The number of rotatable bonds is 4. The monoisotopic (exact) mass is 337 g/mol. The quantitative estimate of drug-likeness (QED) is 0.506. The summed E-state index contributed by atoms with van der Waals surface area (Å²) in [6.07, 6.45) is 5.08. The summed E-state index contributed by atoms with van der Waals surface area (Å²) in [6.45, 7) is 1.88. The highest BCUT2D eigenvalue weighted by Gasteiger charge is 2.16. The van der Waals surface area contributed by atoms with Crippen LogP contribution < -0.4 is 11.0 Å². The third-order valence-corrected chi connectivity index (χ3v) is 3.81. The summed E-state index contributed by atoms with van der Waals surface area (Å²) in [6, 6.07) is 3.42. The van der Waals surface area contributed by atoms with Crippen LogP contribution in [0.1, 0.15) is 18.8 Å². The van der Waals surface area contributed by atoms with Gasteiger partial charge in [-0.1, -0.05) is 0 Å². The number of hydrogen-bond acceptors (Lipinski definition) is 7. The summed E-state index contributed by atoms with van der Waals surface area (Å²) < 4.78 is 1.69. The van der Waals surface area contributed by atoms with Crippen molar-refractivity contribution in [3.63, 3.8) is 0 Å². The summed E-state index contributed by atoms with van der Waals surface area (Å²) in [4.78, 5) is 27.1. The van der Waals surface area contributed by atoms with Gasteiger partial charge in [-0.25, -0.2) is 19.9 Å². The summed E-state index contributed by atoms with van der Waals surface area (Å²) in [5.41, 5.74) is 1.20. The van der Waals surface area contributed by atoms with Crippen molar-refractivity contribution in [1.82, 2.24) is 39.9 Å². The van der Waals surface area contributed by atoms with E-state index >= 15 is 0 Å². The van der Waals surface area contributed by atoms with Gasteiger partial charge < -0.3 is 5.32 Å². The van der Waals surface area contributed by atoms with Crippen molar-refractivity contribution in [1.29, 1.82) is 0 Å². The first-order valence-electron chi connectivity index (χ1n) is 7.63. The Morgan fingerprint density at radius 3 is 2.76 bits per heavy atom. The number of nitrogens with zero attached hydrogens (tertiary/aromatic N) is 6. The van der Waals surface area contributed by atoms with Gasteiger partial charge in [-0.2, -0.15) is 10.2 Å². The molecule has 4 rings (SSSR count). The number of aromatic nitrogens is 8. The van der Waals surface area contributed by atoms with Gasteiger partial charge in [-0.15, -0.1) is 0 Å². The van der Waals surface area contributed by atoms with Gasteiger partial charge in [0.25, 0.3) is 0 Å². The second-order valence-electron chi connectivity index (χ2n) is 5.57. The first-order valence-corrected chi connectivity index (χ1v) is 7.63. The molecule has 4 aromatic heterocycles. The predicted octanol–water partition coefficient (Wildman–Crippen LogP) is 1.01. The Bertz CT molecular complexity index is 1080. The van der Waals surface area contributed by atoms with Crippen LogP contribution in [0.2, 0.25) is 0 Å². The molecular formula is C15H15N9O. The molecule has 0 aliphatic heterocycles. The molecule has 0 aliphatic rings. The maximum Gasteiger partial charge on any atom is 0.340 e. The number of nitrogens with one attached hydrogen (secondary N) is 3. The Balaban J connectivity index is 1.80. The normalized spacial score (nSPS) is 12.4. The SMILES string of the molecule is C[C@H](Nc1nc(-c2ccncc2)nc2c1cnn2C)c1n[nH]c(=O)[nH]1. The van der Waals surface area contributed by atoms with E-state index in [1.807, 2.05) is 26.1 Å². The molecule has 25 heavy (non-hydrogen) atoms. The zero-order valence-corrected chi connectivity index (χ0v) is 13.6. The molecule has 0 spiro atoms. The Morgan fingerprint density at radius 2 is 2.04 bits per heavy atom. The van der Waals surface area contributed by atoms with Crippen molar-refractivity contribution in [2.24, 2.45) is 7.05 Å². The Labute approximate surface area is 141 Å². The first-order chi connectivity index (χ1) is 12.1. The number of aryl methyl sites for hydroxylation is 1. The van der Waals surface area contributed by atoms with Crippen LogP contribution in [-0.4, -0.2) is 39.9 Å². The van der Waals surface area contributed by atoms with E-state index in [1.54, 1.807) is 23.3 Å². The molecule has 0 aliphatic carbocycles. The Kier molecular flexibility index (Phi) is 3.49. The van der Waals surface area contributed by atoms with E-state index in [-0.39, 0.29) is 11.7 Å². The number of H-pyrrole nitrogens is 2. The third-order valence-electron chi connectivity index (χ3n) is 3.81. The van der Waals surface area contributed by atoms with Crippen LogP contribution in [0.4, 0.5) is 5.82 Å². The van der Waals surface area contributed by atoms with Gasteiger partial charge in [0.05, 0.1) is 17.6 Å². The maximum atomic E-state index is 11.3. The molecule has 0 bridgehead atoms. The minimum absolute atomic E-state index is 0.262. The maximum absolute atomic E-state index is 11.3. The molecule has 10 heteroatoms. The first kappa shape index (κ1) is 15.0. The molecule has 0 amide bonds. The lowest BCUT2D eigenvalue weighted by atomic mass is 10.2. The molecule has 4 aromatic rings. The summed E-state index contributed by atoms with van der Waals surface area (Å²) in [5, 5.41) is 14.6. The van der Waals surface area contributed by atoms with Crippen molar-refractivity contribution in [3.8, 4) is 11.4 Å². The van der Waals surface area contributed by atoms with Crippen LogP contribution in [0.5, 0.6) is 0 Å². The van der Waals surface area contributed by atoms with Crippen LogP contribution in [-0.2, 0) is 7.05 Å². The fraction of sp³-hybridized carbons (Fsp3) is 0.200. The molecule has 0 fully saturated rings. The topological polar surface area (TPSA) is 130 Å². The van der Waals surface area contributed by atoms with Crippen LogP contribution in [0.15, 0.2) is 35.5 Å². The van der Waals surface area contributed by atoms with Crippen molar-refractivity contribution >= 4 is 16.9 Å². The predicted molar refractivity (Wildman–Crippen MR) is 90.8 cm³/mol. The molecule has 3 N–H and O–H groups in total. The van der Waals surface area contributed by atoms with E-state index in [1.165, 1.54) is 0 Å². The highest BCUT2D eigenvalue weighted by atomic mass is 16.1. The van der Waals surface area contributed by atoms with E-state index in [0.29, 0.717) is 23.1 Å². The molecular weight excluding hydrogens is 322 g/mol. The van der Waals surface area contributed by atoms with Gasteiger partial charge in [0, 0.05) is 25.0 Å². The van der Waals surface area contributed by atoms with Gasteiger partial charge >= 0.3 is 5.69 Å². The fourth-order valence-electron chi connectivity index (χ4n) is 2.52. The largest absolute Gasteiger partial charge is 0.360 e. The minimum atomic E-state index is -0.352. The number of hydrogen-bond donors (Lipinski definition) is 3. The van der Waals surface area contributed by atoms with Gasteiger partial charge in [0.15, 0.2) is 17.3 Å². The van der Waals surface area contributed by atoms with Gasteiger partial charge in [-0.05, 0) is 19.1 Å². The zero-order valence-electron chi connectivity index (χ0n) is 13.6. The van der Waals surface area contributed by atoms with Gasteiger partial charge in [-0.3, -0.25) is 14.6 Å². The lowest BCUT2D eigenvalue weighted by Gasteiger charge is -2.13. The number of fused-ring (bicyclic) bond motifs is 1. The van der Waals surface area contributed by atoms with Crippen LogP contribution in [0.25, 0.3) is 22.4 Å². The van der Waals surface area contributed by atoms with E-state index < -0.39 is 0 Å². The second-order valence-corrected chi connectivity index (χ2v) is 5.57. The number of anilines is 1. The van der Waals surface area contributed by atoms with E-state index in [9.17, 15) is 4.79 Å².